The molecule has 21 heavy (non-hydrogen) atoms. The summed E-state index contributed by atoms with van der Waals surface area (Å²) in [7, 11) is 2.02. The Hall–Kier alpha value is -1.94. The number of pyridine rings is 1. The van der Waals surface area contributed by atoms with E-state index in [9.17, 15) is 9.90 Å². The van der Waals surface area contributed by atoms with Gasteiger partial charge in [-0.3, -0.25) is 4.98 Å². The minimum Gasteiger partial charge on any atom is -0.478 e. The first-order valence-electron chi connectivity index (χ1n) is 7.35. The molecule has 1 aliphatic rings. The number of para-hydroxylation sites is 1. The van der Waals surface area contributed by atoms with Gasteiger partial charge in [0.05, 0.1) is 11.1 Å². The Bertz CT molecular complexity index is 722. The van der Waals surface area contributed by atoms with Gasteiger partial charge in [0.15, 0.2) is 0 Å². The zero-order chi connectivity index (χ0) is 15.1. The summed E-state index contributed by atoms with van der Waals surface area (Å²) in [5.74, 6) is -0.526. The average Bonchev–Trinajstić information content (AvgIpc) is 2.43. The Morgan fingerprint density at radius 1 is 1.38 bits per heavy atom. The van der Waals surface area contributed by atoms with E-state index in [2.05, 4.69) is 18.7 Å². The average molecular weight is 284 g/mol. The number of hydrogen-bond donors (Lipinski definition) is 1. The normalized spacial score (nSPS) is 15.4. The summed E-state index contributed by atoms with van der Waals surface area (Å²) < 4.78 is 0. The number of aromatic carboxylic acids is 1. The molecule has 0 spiro atoms. The number of carboxylic acids is 1. The highest BCUT2D eigenvalue weighted by Crippen LogP contribution is 2.31. The van der Waals surface area contributed by atoms with Crippen molar-refractivity contribution in [3.63, 3.8) is 0 Å². The first kappa shape index (κ1) is 14.0. The van der Waals surface area contributed by atoms with Crippen LogP contribution >= 0.6 is 0 Å². The highest BCUT2D eigenvalue weighted by Gasteiger charge is 2.25. The molecule has 2 aromatic rings. The van der Waals surface area contributed by atoms with Crippen LogP contribution in [-0.4, -0.2) is 34.6 Å². The lowest BCUT2D eigenvalue weighted by Gasteiger charge is -2.26. The van der Waals surface area contributed by atoms with Crippen LogP contribution in [0.1, 0.15) is 46.9 Å². The van der Waals surface area contributed by atoms with Crippen molar-refractivity contribution in [1.29, 1.82) is 0 Å². The molecule has 4 nitrogen and oxygen atoms in total. The maximum Gasteiger partial charge on any atom is 0.336 e. The van der Waals surface area contributed by atoms with Crippen molar-refractivity contribution in [3.8, 4) is 0 Å². The minimum atomic E-state index is -0.852. The summed E-state index contributed by atoms with van der Waals surface area (Å²) in [5, 5.41) is 10.5. The molecule has 0 unspecified atom stereocenters. The second-order valence-corrected chi connectivity index (χ2v) is 6.10. The van der Waals surface area contributed by atoms with E-state index in [1.54, 1.807) is 0 Å². The second-order valence-electron chi connectivity index (χ2n) is 6.10. The molecule has 0 aliphatic carbocycles. The molecule has 110 valence electrons. The molecule has 0 bridgehead atoms. The lowest BCUT2D eigenvalue weighted by atomic mass is 9.92. The highest BCUT2D eigenvalue weighted by atomic mass is 16.4. The summed E-state index contributed by atoms with van der Waals surface area (Å²) in [6.07, 6.45) is 0.814. The standard InChI is InChI=1S/C17H20N2O2/c1-10(2)11-5-4-6-12-15(17(20)21)13-9-19(3)8-7-14(13)18-16(11)12/h4-6,10H,7-9H2,1-3H3,(H,20,21). The van der Waals surface area contributed by atoms with Gasteiger partial charge < -0.3 is 10.0 Å². The predicted molar refractivity (Wildman–Crippen MR) is 82.8 cm³/mol. The summed E-state index contributed by atoms with van der Waals surface area (Å²) in [4.78, 5) is 18.8. The third-order valence-electron chi connectivity index (χ3n) is 4.23. The van der Waals surface area contributed by atoms with E-state index in [-0.39, 0.29) is 0 Å². The van der Waals surface area contributed by atoms with Gasteiger partial charge in [-0.1, -0.05) is 32.0 Å². The number of likely N-dealkylation sites (N-methyl/N-ethyl adjacent to an activating group) is 1. The number of carbonyl (C=O) groups is 1. The third-order valence-corrected chi connectivity index (χ3v) is 4.23. The number of aromatic nitrogens is 1. The molecule has 3 rings (SSSR count). The van der Waals surface area contributed by atoms with Crippen molar-refractivity contribution in [2.45, 2.75) is 32.7 Å². The first-order chi connectivity index (χ1) is 9.99. The molecule has 1 aromatic carbocycles. The van der Waals surface area contributed by atoms with Gasteiger partial charge in [-0.2, -0.15) is 0 Å². The summed E-state index contributed by atoms with van der Waals surface area (Å²) >= 11 is 0. The molecule has 0 saturated carbocycles. The topological polar surface area (TPSA) is 53.4 Å². The predicted octanol–water partition coefficient (Wildman–Crippen LogP) is 3.04. The van der Waals surface area contributed by atoms with E-state index in [1.807, 2.05) is 25.2 Å². The number of rotatable bonds is 2. The fourth-order valence-corrected chi connectivity index (χ4v) is 3.13. The van der Waals surface area contributed by atoms with Crippen molar-refractivity contribution >= 4 is 16.9 Å². The van der Waals surface area contributed by atoms with Gasteiger partial charge in [0.2, 0.25) is 0 Å². The van der Waals surface area contributed by atoms with E-state index >= 15 is 0 Å². The molecule has 4 heteroatoms. The molecular weight excluding hydrogens is 264 g/mol. The Kier molecular flexibility index (Phi) is 3.41. The fourth-order valence-electron chi connectivity index (χ4n) is 3.13. The van der Waals surface area contributed by atoms with E-state index in [0.717, 1.165) is 40.7 Å². The number of nitrogens with zero attached hydrogens (tertiary/aromatic N) is 2. The quantitative estimate of drug-likeness (QED) is 0.921. The van der Waals surface area contributed by atoms with Crippen LogP contribution in [-0.2, 0) is 13.0 Å². The molecule has 1 N–H and O–H groups in total. The van der Waals surface area contributed by atoms with Gasteiger partial charge in [-0.25, -0.2) is 4.79 Å². The second kappa shape index (κ2) is 5.11. The van der Waals surface area contributed by atoms with Crippen LogP contribution in [0, 0.1) is 0 Å². The number of benzene rings is 1. The maximum atomic E-state index is 11.8. The van der Waals surface area contributed by atoms with Crippen molar-refractivity contribution < 1.29 is 9.90 Å². The van der Waals surface area contributed by atoms with Crippen molar-refractivity contribution in [2.24, 2.45) is 0 Å². The number of carboxylic acid groups (broad SMARTS) is 1. The SMILES string of the molecule is CC(C)c1cccc2c(C(=O)O)c3c(nc12)CCN(C)C3. The van der Waals surface area contributed by atoms with Crippen molar-refractivity contribution in [1.82, 2.24) is 9.88 Å². The molecule has 0 amide bonds. The van der Waals surface area contributed by atoms with Gasteiger partial charge in [0.25, 0.3) is 0 Å². The Labute approximate surface area is 124 Å². The molecule has 1 aromatic heterocycles. The van der Waals surface area contributed by atoms with Crippen LogP contribution in [0.4, 0.5) is 0 Å². The smallest absolute Gasteiger partial charge is 0.336 e. The zero-order valence-corrected chi connectivity index (χ0v) is 12.7. The van der Waals surface area contributed by atoms with E-state index in [4.69, 9.17) is 4.98 Å². The van der Waals surface area contributed by atoms with E-state index < -0.39 is 5.97 Å². The molecule has 0 atom stereocenters. The minimum absolute atomic E-state index is 0.326. The lowest BCUT2D eigenvalue weighted by Crippen LogP contribution is -2.29. The van der Waals surface area contributed by atoms with Gasteiger partial charge in [-0.15, -0.1) is 0 Å². The fraction of sp³-hybridized carbons (Fsp3) is 0.412. The Morgan fingerprint density at radius 3 is 2.81 bits per heavy atom. The third kappa shape index (κ3) is 2.29. The summed E-state index contributed by atoms with van der Waals surface area (Å²) in [6.45, 7) is 5.81. The molecule has 0 radical (unpaired) electrons. The largest absolute Gasteiger partial charge is 0.478 e. The number of hydrogen-bond acceptors (Lipinski definition) is 3. The molecule has 2 heterocycles. The first-order valence-corrected chi connectivity index (χ1v) is 7.35. The van der Waals surface area contributed by atoms with Crippen LogP contribution in [0.15, 0.2) is 18.2 Å². The van der Waals surface area contributed by atoms with Gasteiger partial charge in [0, 0.05) is 36.2 Å². The Balaban J connectivity index is 2.38. The molecule has 1 aliphatic heterocycles. The molecular formula is C17H20N2O2. The van der Waals surface area contributed by atoms with Crippen LogP contribution in [0.25, 0.3) is 10.9 Å². The van der Waals surface area contributed by atoms with Crippen LogP contribution in [0.5, 0.6) is 0 Å². The van der Waals surface area contributed by atoms with Crippen LogP contribution in [0.2, 0.25) is 0 Å². The van der Waals surface area contributed by atoms with Crippen LogP contribution in [0.3, 0.4) is 0 Å². The van der Waals surface area contributed by atoms with Crippen LogP contribution < -0.4 is 0 Å². The monoisotopic (exact) mass is 284 g/mol. The molecule has 0 saturated heterocycles. The maximum absolute atomic E-state index is 11.8. The van der Waals surface area contributed by atoms with Gasteiger partial charge >= 0.3 is 5.97 Å². The van der Waals surface area contributed by atoms with E-state index in [0.29, 0.717) is 18.0 Å². The lowest BCUT2D eigenvalue weighted by molar-refractivity contribution is 0.0696. The molecule has 0 fully saturated rings. The van der Waals surface area contributed by atoms with Gasteiger partial charge in [0.1, 0.15) is 0 Å². The van der Waals surface area contributed by atoms with E-state index in [1.165, 1.54) is 0 Å². The van der Waals surface area contributed by atoms with Gasteiger partial charge in [-0.05, 0) is 18.5 Å². The van der Waals surface area contributed by atoms with Crippen molar-refractivity contribution in [2.75, 3.05) is 13.6 Å². The Morgan fingerprint density at radius 2 is 2.14 bits per heavy atom. The highest BCUT2D eigenvalue weighted by molar-refractivity contribution is 6.05. The van der Waals surface area contributed by atoms with Crippen molar-refractivity contribution in [3.05, 3.63) is 40.6 Å². The number of fused-ring (bicyclic) bond motifs is 2. The zero-order valence-electron chi connectivity index (χ0n) is 12.7. The summed E-state index contributed by atoms with van der Waals surface area (Å²) in [6, 6.07) is 5.87. The summed E-state index contributed by atoms with van der Waals surface area (Å²) in [5.41, 5.74) is 4.24.